The fourth-order valence-corrected chi connectivity index (χ4v) is 4.74. The number of carbonyl (C=O) groups excluding carboxylic acids is 1. The number of amides is 1. The van der Waals surface area contributed by atoms with Crippen molar-refractivity contribution in [2.45, 2.75) is 6.42 Å². The van der Waals surface area contributed by atoms with E-state index >= 15 is 0 Å². The summed E-state index contributed by atoms with van der Waals surface area (Å²) in [6.07, 6.45) is 1.84. The molecular formula is C20H16BrN3O2S2. The van der Waals surface area contributed by atoms with Crippen LogP contribution < -0.4 is 26.7 Å². The number of fused-ring (bicyclic) bond motifs is 1. The molecule has 0 bridgehead atoms. The molecule has 0 aliphatic heterocycles. The fourth-order valence-electron chi connectivity index (χ4n) is 2.63. The Bertz CT molecular complexity index is 1110. The summed E-state index contributed by atoms with van der Waals surface area (Å²) in [7, 11) is 0. The highest BCUT2D eigenvalue weighted by Crippen LogP contribution is 2.27. The van der Waals surface area contributed by atoms with Crippen LogP contribution in [-0.2, 0) is 11.2 Å². The Kier molecular flexibility index (Phi) is 6.56. The number of rotatable bonds is 5. The van der Waals surface area contributed by atoms with Crippen LogP contribution >= 0.6 is 22.7 Å². The van der Waals surface area contributed by atoms with Crippen LogP contribution in [-0.4, -0.2) is 17.2 Å². The Morgan fingerprint density at radius 1 is 1.11 bits per heavy atom. The molecule has 2 aromatic carbocycles. The number of nitrogens with one attached hydrogen (secondary N) is 1. The van der Waals surface area contributed by atoms with E-state index in [1.54, 1.807) is 10.6 Å². The number of para-hydroxylation sites is 2. The van der Waals surface area contributed by atoms with Gasteiger partial charge < -0.3 is 27.4 Å². The predicted molar refractivity (Wildman–Crippen MR) is 109 cm³/mol. The molecule has 28 heavy (non-hydrogen) atoms. The molecule has 4 rings (SSSR count). The molecule has 0 aliphatic carbocycles. The van der Waals surface area contributed by atoms with E-state index in [1.807, 2.05) is 66.0 Å². The van der Waals surface area contributed by atoms with Gasteiger partial charge in [-0.25, -0.2) is 0 Å². The Hall–Kier alpha value is -2.55. The van der Waals surface area contributed by atoms with Crippen LogP contribution in [0.3, 0.4) is 0 Å². The summed E-state index contributed by atoms with van der Waals surface area (Å²) >= 11 is 2.94. The minimum absolute atomic E-state index is 0. The van der Waals surface area contributed by atoms with E-state index in [0.717, 1.165) is 21.2 Å². The number of hydrogen-bond donors (Lipinski definition) is 2. The molecule has 2 N–H and O–H groups in total. The molecule has 0 saturated heterocycles. The lowest BCUT2D eigenvalue weighted by molar-refractivity contribution is -0.522. The average Bonchev–Trinajstić information content (AvgIpc) is 3.22. The monoisotopic (exact) mass is 473 g/mol. The highest BCUT2D eigenvalue weighted by atomic mass is 79.9. The van der Waals surface area contributed by atoms with Crippen molar-refractivity contribution in [2.24, 2.45) is 4.99 Å². The molecule has 0 radical (unpaired) electrons. The topological polar surface area (TPSA) is 65.8 Å². The lowest BCUT2D eigenvalue weighted by Crippen LogP contribution is -3.00. The van der Waals surface area contributed by atoms with Crippen molar-refractivity contribution in [1.82, 2.24) is 0 Å². The molecule has 0 aliphatic rings. The first-order valence-corrected chi connectivity index (χ1v) is 9.98. The minimum atomic E-state index is -0.126. The highest BCUT2D eigenvalue weighted by molar-refractivity contribution is 7.35. The second-order valence-corrected chi connectivity index (χ2v) is 7.95. The van der Waals surface area contributed by atoms with Crippen LogP contribution in [0.2, 0.25) is 0 Å². The highest BCUT2D eigenvalue weighted by Gasteiger charge is 2.26. The third kappa shape index (κ3) is 4.46. The molecule has 0 saturated carbocycles. The molecule has 0 fully saturated rings. The van der Waals surface area contributed by atoms with Gasteiger partial charge in [0, 0.05) is 5.69 Å². The summed E-state index contributed by atoms with van der Waals surface area (Å²) < 4.78 is 2.62. The number of aromatic nitrogens is 1. The van der Waals surface area contributed by atoms with Crippen molar-refractivity contribution < 1.29 is 31.3 Å². The number of benzene rings is 2. The smallest absolute Gasteiger partial charge is 0.392 e. The Morgan fingerprint density at radius 2 is 1.79 bits per heavy atom. The van der Waals surface area contributed by atoms with Gasteiger partial charge in [0.1, 0.15) is 6.42 Å². The summed E-state index contributed by atoms with van der Waals surface area (Å²) in [5.74, 6) is -0.0167. The van der Waals surface area contributed by atoms with Crippen LogP contribution in [0, 0.1) is 0 Å². The summed E-state index contributed by atoms with van der Waals surface area (Å²) in [5, 5.41) is 15.4. The number of thiazole rings is 2. The quantitative estimate of drug-likeness (QED) is 0.337. The summed E-state index contributed by atoms with van der Waals surface area (Å²) in [5.41, 5.74) is 2.32. The zero-order valence-corrected chi connectivity index (χ0v) is 17.8. The van der Waals surface area contributed by atoms with Crippen molar-refractivity contribution >= 4 is 50.3 Å². The number of aromatic hydroxyl groups is 1. The van der Waals surface area contributed by atoms with E-state index in [0.29, 0.717) is 4.88 Å². The van der Waals surface area contributed by atoms with Crippen molar-refractivity contribution in [2.75, 3.05) is 5.32 Å². The van der Waals surface area contributed by atoms with E-state index < -0.39 is 0 Å². The van der Waals surface area contributed by atoms with E-state index in [9.17, 15) is 9.90 Å². The first-order chi connectivity index (χ1) is 13.2. The number of anilines is 1. The van der Waals surface area contributed by atoms with Crippen molar-refractivity contribution in [3.63, 3.8) is 0 Å². The molecule has 5 nitrogen and oxygen atoms in total. The van der Waals surface area contributed by atoms with Crippen LogP contribution in [0.5, 0.6) is 5.88 Å². The zero-order valence-electron chi connectivity index (χ0n) is 14.6. The maximum absolute atomic E-state index is 12.3. The van der Waals surface area contributed by atoms with Crippen LogP contribution in [0.25, 0.3) is 4.14 Å². The maximum atomic E-state index is 12.3. The van der Waals surface area contributed by atoms with Crippen LogP contribution in [0.15, 0.2) is 71.0 Å². The van der Waals surface area contributed by atoms with Gasteiger partial charge in [-0.3, -0.25) is 9.79 Å². The average molecular weight is 474 g/mol. The van der Waals surface area contributed by atoms with E-state index in [2.05, 4.69) is 10.3 Å². The standard InChI is InChI=1S/C20H15N3O2S2.BrH/c24-18(22-15-9-5-2-6-10-15)11-16-13-26-20-23(16)19(25)17(27-20)12-21-14-7-3-1-4-8-14;/h1-10,12-13H,11H2,(H-,21,22,24,25);1H. The Labute approximate surface area is 180 Å². The van der Waals surface area contributed by atoms with Crippen molar-refractivity contribution in [3.05, 3.63) is 76.6 Å². The molecule has 0 atom stereocenters. The van der Waals surface area contributed by atoms with Gasteiger partial charge in [0.05, 0.1) is 17.3 Å². The number of halogens is 1. The summed E-state index contributed by atoms with van der Waals surface area (Å²) in [6.45, 7) is 0. The third-order valence-corrected chi connectivity index (χ3v) is 6.06. The Balaban J connectivity index is 0.00000225. The van der Waals surface area contributed by atoms with E-state index in [-0.39, 0.29) is 35.2 Å². The Morgan fingerprint density at radius 3 is 2.50 bits per heavy atom. The molecule has 0 unspecified atom stereocenters. The van der Waals surface area contributed by atoms with Gasteiger partial charge in [0.2, 0.25) is 11.6 Å². The van der Waals surface area contributed by atoms with E-state index in [1.165, 1.54) is 22.7 Å². The van der Waals surface area contributed by atoms with Gasteiger partial charge in [-0.1, -0.05) is 47.7 Å². The zero-order chi connectivity index (χ0) is 18.6. The van der Waals surface area contributed by atoms with Gasteiger partial charge in [0.25, 0.3) is 0 Å². The first-order valence-electron chi connectivity index (χ1n) is 8.28. The molecule has 4 aromatic rings. The largest absolute Gasteiger partial charge is 1.00 e. The van der Waals surface area contributed by atoms with Gasteiger partial charge >= 0.3 is 10.0 Å². The molecular weight excluding hydrogens is 458 g/mol. The lowest BCUT2D eigenvalue weighted by Gasteiger charge is -2.01. The molecule has 0 spiro atoms. The predicted octanol–water partition coefficient (Wildman–Crippen LogP) is 1.19. The number of aliphatic imine (C=N–C) groups is 1. The van der Waals surface area contributed by atoms with Crippen LogP contribution in [0.4, 0.5) is 11.4 Å². The summed E-state index contributed by atoms with van der Waals surface area (Å²) in [4.78, 5) is 17.4. The molecule has 2 aromatic heterocycles. The molecule has 1 amide bonds. The lowest BCUT2D eigenvalue weighted by atomic mass is 10.3. The van der Waals surface area contributed by atoms with Crippen LogP contribution in [0.1, 0.15) is 10.6 Å². The number of nitrogens with zero attached hydrogens (tertiary/aromatic N) is 2. The summed E-state index contributed by atoms with van der Waals surface area (Å²) in [6, 6.07) is 18.9. The second-order valence-electron chi connectivity index (χ2n) is 5.80. The maximum Gasteiger partial charge on any atom is 0.392 e. The van der Waals surface area contributed by atoms with E-state index in [4.69, 9.17) is 0 Å². The second kappa shape index (κ2) is 9.09. The number of hydrogen-bond acceptors (Lipinski definition) is 5. The minimum Gasteiger partial charge on any atom is -1.00 e. The normalized spacial score (nSPS) is 10.9. The van der Waals surface area contributed by atoms with Crippen molar-refractivity contribution in [1.29, 1.82) is 0 Å². The molecule has 8 heteroatoms. The van der Waals surface area contributed by atoms with Gasteiger partial charge in [-0.15, -0.1) is 4.40 Å². The van der Waals surface area contributed by atoms with Gasteiger partial charge in [0.15, 0.2) is 4.88 Å². The molecule has 2 heterocycles. The third-order valence-electron chi connectivity index (χ3n) is 3.88. The first kappa shape index (κ1) is 20.2. The number of carbonyl (C=O) groups is 1. The van der Waals surface area contributed by atoms with Crippen molar-refractivity contribution in [3.8, 4) is 5.88 Å². The SMILES string of the molecule is O=C(Cc1csc2sc(C=Nc3ccccc3)c(O)[n+]12)Nc1ccccc1.[Br-]. The fraction of sp³-hybridized carbons (Fsp3) is 0.0500. The van der Waals surface area contributed by atoms with Gasteiger partial charge in [-0.2, -0.15) is 0 Å². The van der Waals surface area contributed by atoms with Gasteiger partial charge in [-0.05, 0) is 35.6 Å². The molecule has 142 valence electrons.